The molecule has 2 fully saturated rings. The van der Waals surface area contributed by atoms with Gasteiger partial charge in [0.25, 0.3) is 0 Å². The molecule has 1 N–H and O–H groups in total. The van der Waals surface area contributed by atoms with Crippen LogP contribution in [-0.4, -0.2) is 12.1 Å². The Kier molecular flexibility index (Phi) is 1.92. The summed E-state index contributed by atoms with van der Waals surface area (Å²) < 4.78 is 0. The molecule has 2 rings (SSSR count). The molecule has 2 saturated heterocycles. The molecule has 11 heavy (non-hydrogen) atoms. The Hall–Kier alpha value is -0.0400. The van der Waals surface area contributed by atoms with Gasteiger partial charge in [0.05, 0.1) is 0 Å². The highest BCUT2D eigenvalue weighted by molar-refractivity contribution is 4.90. The Morgan fingerprint density at radius 3 is 1.55 bits per heavy atom. The molecule has 2 aliphatic heterocycles. The van der Waals surface area contributed by atoms with E-state index < -0.39 is 0 Å². The van der Waals surface area contributed by atoms with Crippen molar-refractivity contribution in [1.29, 1.82) is 0 Å². The van der Waals surface area contributed by atoms with Crippen LogP contribution in [0, 0.1) is 11.8 Å². The zero-order valence-electron chi connectivity index (χ0n) is 7.64. The molecule has 2 bridgehead atoms. The molecule has 0 amide bonds. The van der Waals surface area contributed by atoms with Crippen LogP contribution in [0.5, 0.6) is 0 Å². The van der Waals surface area contributed by atoms with Crippen molar-refractivity contribution in [2.45, 2.75) is 51.6 Å². The maximum Gasteiger partial charge on any atom is 0.00747 e. The summed E-state index contributed by atoms with van der Waals surface area (Å²) in [6, 6.07) is 1.71. The lowest BCUT2D eigenvalue weighted by atomic mass is 9.77. The molecule has 0 unspecified atom stereocenters. The maximum absolute atomic E-state index is 3.71. The molecule has 0 radical (unpaired) electrons. The molecule has 64 valence electrons. The third kappa shape index (κ3) is 1.58. The molecule has 0 aromatic carbocycles. The predicted octanol–water partition coefficient (Wildman–Crippen LogP) is 2.17. The van der Waals surface area contributed by atoms with Crippen molar-refractivity contribution >= 4 is 0 Å². The number of nitrogens with one attached hydrogen (secondary N) is 1. The predicted molar refractivity (Wildman–Crippen MR) is 47.5 cm³/mol. The quantitative estimate of drug-likeness (QED) is 0.562. The Morgan fingerprint density at radius 2 is 1.18 bits per heavy atom. The molecule has 0 spiro atoms. The van der Waals surface area contributed by atoms with E-state index >= 15 is 0 Å². The van der Waals surface area contributed by atoms with Gasteiger partial charge in [0.1, 0.15) is 0 Å². The summed E-state index contributed by atoms with van der Waals surface area (Å²) in [7, 11) is 0. The van der Waals surface area contributed by atoms with E-state index in [1.807, 2.05) is 0 Å². The van der Waals surface area contributed by atoms with Crippen LogP contribution in [0.3, 0.4) is 0 Å². The minimum atomic E-state index is 0.854. The SMILES string of the molecule is CC1CC2CC(C)CC(C1)N2. The van der Waals surface area contributed by atoms with Gasteiger partial charge in [-0.15, -0.1) is 0 Å². The second-order valence-corrected chi connectivity index (χ2v) is 4.71. The van der Waals surface area contributed by atoms with Crippen LogP contribution >= 0.6 is 0 Å². The third-order valence-electron chi connectivity index (χ3n) is 3.22. The molecular formula is C10H19N. The van der Waals surface area contributed by atoms with Gasteiger partial charge in [-0.05, 0) is 37.5 Å². The summed E-state index contributed by atoms with van der Waals surface area (Å²) in [5, 5.41) is 3.71. The van der Waals surface area contributed by atoms with E-state index in [4.69, 9.17) is 0 Å². The molecular weight excluding hydrogens is 134 g/mol. The summed E-state index contributed by atoms with van der Waals surface area (Å²) in [5.41, 5.74) is 0. The molecule has 2 heterocycles. The second kappa shape index (κ2) is 2.78. The van der Waals surface area contributed by atoms with E-state index in [2.05, 4.69) is 19.2 Å². The van der Waals surface area contributed by atoms with Crippen molar-refractivity contribution in [3.05, 3.63) is 0 Å². The van der Waals surface area contributed by atoms with Crippen LogP contribution in [0.15, 0.2) is 0 Å². The summed E-state index contributed by atoms with van der Waals surface area (Å²) in [5.74, 6) is 1.94. The Morgan fingerprint density at radius 1 is 0.818 bits per heavy atom. The fraction of sp³-hybridized carbons (Fsp3) is 1.00. The lowest BCUT2D eigenvalue weighted by molar-refractivity contribution is 0.159. The van der Waals surface area contributed by atoms with Crippen LogP contribution in [0.4, 0.5) is 0 Å². The van der Waals surface area contributed by atoms with Gasteiger partial charge in [-0.25, -0.2) is 0 Å². The minimum Gasteiger partial charge on any atom is -0.311 e. The van der Waals surface area contributed by atoms with E-state index in [-0.39, 0.29) is 0 Å². The average Bonchev–Trinajstić information content (AvgIpc) is 1.82. The van der Waals surface area contributed by atoms with E-state index in [0.717, 1.165) is 23.9 Å². The molecule has 1 nitrogen and oxygen atoms in total. The van der Waals surface area contributed by atoms with Crippen LogP contribution in [0.1, 0.15) is 39.5 Å². The normalized spacial score (nSPS) is 50.7. The first-order chi connectivity index (χ1) is 5.24. The smallest absolute Gasteiger partial charge is 0.00747 e. The van der Waals surface area contributed by atoms with Crippen molar-refractivity contribution in [1.82, 2.24) is 5.32 Å². The van der Waals surface area contributed by atoms with Gasteiger partial charge in [-0.2, -0.15) is 0 Å². The van der Waals surface area contributed by atoms with Gasteiger partial charge in [0.2, 0.25) is 0 Å². The lowest BCUT2D eigenvalue weighted by Crippen LogP contribution is -2.50. The largest absolute Gasteiger partial charge is 0.311 e. The topological polar surface area (TPSA) is 12.0 Å². The molecule has 0 aliphatic carbocycles. The zero-order valence-corrected chi connectivity index (χ0v) is 7.64. The summed E-state index contributed by atoms with van der Waals surface area (Å²) in [4.78, 5) is 0. The first kappa shape index (κ1) is 7.60. The Labute approximate surface area is 69.6 Å². The zero-order chi connectivity index (χ0) is 7.84. The van der Waals surface area contributed by atoms with Crippen molar-refractivity contribution in [3.8, 4) is 0 Å². The monoisotopic (exact) mass is 153 g/mol. The Balaban J connectivity index is 2.00. The Bertz CT molecular complexity index is 110. The highest BCUT2D eigenvalue weighted by atomic mass is 15.0. The number of rotatable bonds is 0. The van der Waals surface area contributed by atoms with E-state index in [9.17, 15) is 0 Å². The van der Waals surface area contributed by atoms with Crippen molar-refractivity contribution < 1.29 is 0 Å². The van der Waals surface area contributed by atoms with Crippen molar-refractivity contribution in [2.75, 3.05) is 0 Å². The van der Waals surface area contributed by atoms with Gasteiger partial charge in [-0.1, -0.05) is 13.8 Å². The van der Waals surface area contributed by atoms with Crippen molar-refractivity contribution in [2.24, 2.45) is 11.8 Å². The average molecular weight is 153 g/mol. The van der Waals surface area contributed by atoms with Crippen LogP contribution in [0.2, 0.25) is 0 Å². The standard InChI is InChI=1S/C10H19N/c1-7-3-9-5-8(2)6-10(4-7)11-9/h7-11H,3-6H2,1-2H3. The van der Waals surface area contributed by atoms with Crippen molar-refractivity contribution in [3.63, 3.8) is 0 Å². The fourth-order valence-corrected chi connectivity index (χ4v) is 2.93. The highest BCUT2D eigenvalue weighted by Gasteiger charge is 2.31. The number of piperidine rings is 2. The first-order valence-electron chi connectivity index (χ1n) is 5.00. The number of hydrogen-bond acceptors (Lipinski definition) is 1. The molecule has 2 aliphatic rings. The highest BCUT2D eigenvalue weighted by Crippen LogP contribution is 2.32. The minimum absolute atomic E-state index is 0.854. The number of fused-ring (bicyclic) bond motifs is 2. The fourth-order valence-electron chi connectivity index (χ4n) is 2.93. The van der Waals surface area contributed by atoms with Crippen LogP contribution in [0.25, 0.3) is 0 Å². The van der Waals surface area contributed by atoms with Gasteiger partial charge in [0, 0.05) is 12.1 Å². The van der Waals surface area contributed by atoms with Gasteiger partial charge >= 0.3 is 0 Å². The maximum atomic E-state index is 3.71. The van der Waals surface area contributed by atoms with E-state index in [1.54, 1.807) is 0 Å². The first-order valence-corrected chi connectivity index (χ1v) is 5.00. The molecule has 0 saturated carbocycles. The van der Waals surface area contributed by atoms with E-state index in [0.29, 0.717) is 0 Å². The summed E-state index contributed by atoms with van der Waals surface area (Å²) in [6.45, 7) is 4.80. The van der Waals surface area contributed by atoms with Gasteiger partial charge in [0.15, 0.2) is 0 Å². The lowest BCUT2D eigenvalue weighted by Gasteiger charge is -2.42. The molecule has 0 atom stereocenters. The van der Waals surface area contributed by atoms with Crippen LogP contribution in [-0.2, 0) is 0 Å². The second-order valence-electron chi connectivity index (χ2n) is 4.71. The van der Waals surface area contributed by atoms with Gasteiger partial charge in [-0.3, -0.25) is 0 Å². The van der Waals surface area contributed by atoms with Crippen LogP contribution < -0.4 is 5.32 Å². The molecule has 1 heteroatoms. The molecule has 0 aromatic rings. The third-order valence-corrected chi connectivity index (χ3v) is 3.22. The van der Waals surface area contributed by atoms with Gasteiger partial charge < -0.3 is 5.32 Å². The summed E-state index contributed by atoms with van der Waals surface area (Å²) in [6.07, 6.45) is 5.67. The molecule has 0 aromatic heterocycles. The summed E-state index contributed by atoms with van der Waals surface area (Å²) >= 11 is 0. The number of hydrogen-bond donors (Lipinski definition) is 1. The van der Waals surface area contributed by atoms with E-state index in [1.165, 1.54) is 25.7 Å².